The summed E-state index contributed by atoms with van der Waals surface area (Å²) in [6.07, 6.45) is 3.18. The monoisotopic (exact) mass is 127 g/mol. The third kappa shape index (κ3) is 1.45. The van der Waals surface area contributed by atoms with Gasteiger partial charge in [0.05, 0.1) is 12.8 Å². The van der Waals surface area contributed by atoms with Gasteiger partial charge in [-0.15, -0.1) is 0 Å². The zero-order valence-corrected chi connectivity index (χ0v) is 5.33. The van der Waals surface area contributed by atoms with Gasteiger partial charge >= 0.3 is 0 Å². The largest absolute Gasteiger partial charge is 0.498 e. The van der Waals surface area contributed by atoms with Crippen LogP contribution in [-0.4, -0.2) is 24.0 Å². The molecule has 0 aromatic rings. The van der Waals surface area contributed by atoms with E-state index < -0.39 is 0 Å². The topological polar surface area (TPSA) is 29.5 Å². The van der Waals surface area contributed by atoms with E-state index in [4.69, 9.17) is 4.74 Å². The molecule has 0 atom stereocenters. The Morgan fingerprint density at radius 1 is 1.78 bits per heavy atom. The first-order chi connectivity index (χ1) is 4.30. The molecule has 0 fully saturated rings. The first-order valence-corrected chi connectivity index (χ1v) is 2.86. The lowest BCUT2D eigenvalue weighted by Gasteiger charge is -2.19. The number of hydrogen-bond acceptors (Lipinski definition) is 2. The first-order valence-electron chi connectivity index (χ1n) is 2.86. The van der Waals surface area contributed by atoms with Crippen LogP contribution in [0.2, 0.25) is 0 Å². The van der Waals surface area contributed by atoms with Crippen LogP contribution in [0.5, 0.6) is 0 Å². The number of carbonyl (C=O) groups excluding carboxylic acids is 1. The SMILES string of the molecule is CC(=O)N1C=COCC1. The first kappa shape index (κ1) is 6.13. The molecule has 0 spiro atoms. The van der Waals surface area contributed by atoms with E-state index in [1.165, 1.54) is 13.2 Å². The summed E-state index contributed by atoms with van der Waals surface area (Å²) in [7, 11) is 0. The maximum absolute atomic E-state index is 10.6. The van der Waals surface area contributed by atoms with E-state index in [0.29, 0.717) is 13.2 Å². The van der Waals surface area contributed by atoms with Crippen LogP contribution in [0, 0.1) is 0 Å². The van der Waals surface area contributed by atoms with Crippen molar-refractivity contribution in [3.8, 4) is 0 Å². The van der Waals surface area contributed by atoms with Crippen molar-refractivity contribution < 1.29 is 9.53 Å². The average Bonchev–Trinajstić information content (AvgIpc) is 1.90. The predicted molar refractivity (Wildman–Crippen MR) is 32.5 cm³/mol. The summed E-state index contributed by atoms with van der Waals surface area (Å²) >= 11 is 0. The highest BCUT2D eigenvalue weighted by atomic mass is 16.5. The van der Waals surface area contributed by atoms with E-state index >= 15 is 0 Å². The maximum atomic E-state index is 10.6. The molecule has 1 amide bonds. The second kappa shape index (κ2) is 2.53. The molecule has 0 aliphatic carbocycles. The van der Waals surface area contributed by atoms with Gasteiger partial charge in [0.1, 0.15) is 6.61 Å². The molecule has 1 aliphatic rings. The van der Waals surface area contributed by atoms with Crippen LogP contribution in [0.15, 0.2) is 12.5 Å². The van der Waals surface area contributed by atoms with Gasteiger partial charge in [0.25, 0.3) is 0 Å². The molecule has 0 saturated heterocycles. The van der Waals surface area contributed by atoms with Gasteiger partial charge in [0.2, 0.25) is 5.91 Å². The van der Waals surface area contributed by atoms with Crippen molar-refractivity contribution in [2.75, 3.05) is 13.2 Å². The molecule has 3 heteroatoms. The summed E-state index contributed by atoms with van der Waals surface area (Å²) in [5, 5.41) is 0. The molecule has 1 heterocycles. The fourth-order valence-corrected chi connectivity index (χ4v) is 0.673. The highest BCUT2D eigenvalue weighted by Gasteiger charge is 2.06. The molecule has 0 saturated carbocycles. The smallest absolute Gasteiger partial charge is 0.223 e. The number of ether oxygens (including phenoxy) is 1. The number of carbonyl (C=O) groups is 1. The molecule has 0 bridgehead atoms. The molecule has 0 unspecified atom stereocenters. The summed E-state index contributed by atoms with van der Waals surface area (Å²) in [6.45, 7) is 2.82. The molecule has 50 valence electrons. The van der Waals surface area contributed by atoms with Crippen LogP contribution < -0.4 is 0 Å². The normalized spacial score (nSPS) is 17.2. The molecule has 3 nitrogen and oxygen atoms in total. The summed E-state index contributed by atoms with van der Waals surface area (Å²) in [5.74, 6) is 0.0644. The lowest BCUT2D eigenvalue weighted by Crippen LogP contribution is -2.28. The molecule has 1 rings (SSSR count). The van der Waals surface area contributed by atoms with Crippen LogP contribution in [0.1, 0.15) is 6.92 Å². The molecular formula is C6H9NO2. The highest BCUT2D eigenvalue weighted by Crippen LogP contribution is 1.97. The van der Waals surface area contributed by atoms with Gasteiger partial charge in [0, 0.05) is 13.1 Å². The molecule has 9 heavy (non-hydrogen) atoms. The van der Waals surface area contributed by atoms with E-state index in [2.05, 4.69) is 0 Å². The third-order valence-electron chi connectivity index (χ3n) is 1.19. The van der Waals surface area contributed by atoms with Gasteiger partial charge < -0.3 is 9.64 Å². The molecule has 0 N–H and O–H groups in total. The quantitative estimate of drug-likeness (QED) is 0.469. The Labute approximate surface area is 53.9 Å². The number of amides is 1. The molecular weight excluding hydrogens is 118 g/mol. The Hall–Kier alpha value is -0.990. The summed E-state index contributed by atoms with van der Waals surface area (Å²) in [5.41, 5.74) is 0. The second-order valence-corrected chi connectivity index (χ2v) is 1.87. The lowest BCUT2D eigenvalue weighted by molar-refractivity contribution is -0.127. The van der Waals surface area contributed by atoms with Crippen LogP contribution in [0.3, 0.4) is 0 Å². The minimum atomic E-state index is 0.0644. The Morgan fingerprint density at radius 2 is 2.56 bits per heavy atom. The Bertz CT molecular complexity index is 142. The predicted octanol–water partition coefficient (Wildman–Crippen LogP) is 0.336. The minimum absolute atomic E-state index is 0.0644. The van der Waals surface area contributed by atoms with Crippen LogP contribution in [0.4, 0.5) is 0 Å². The van der Waals surface area contributed by atoms with Crippen molar-refractivity contribution in [2.24, 2.45) is 0 Å². The Balaban J connectivity index is 2.50. The maximum Gasteiger partial charge on any atom is 0.223 e. The van der Waals surface area contributed by atoms with E-state index in [9.17, 15) is 4.79 Å². The van der Waals surface area contributed by atoms with Crippen LogP contribution in [0.25, 0.3) is 0 Å². The number of nitrogens with zero attached hydrogens (tertiary/aromatic N) is 1. The van der Waals surface area contributed by atoms with Crippen molar-refractivity contribution in [1.82, 2.24) is 4.90 Å². The minimum Gasteiger partial charge on any atom is -0.498 e. The average molecular weight is 127 g/mol. The van der Waals surface area contributed by atoms with E-state index in [1.54, 1.807) is 11.1 Å². The number of hydrogen-bond donors (Lipinski definition) is 0. The van der Waals surface area contributed by atoms with Crippen molar-refractivity contribution in [3.05, 3.63) is 12.5 Å². The summed E-state index contributed by atoms with van der Waals surface area (Å²) in [4.78, 5) is 12.2. The van der Waals surface area contributed by atoms with Gasteiger partial charge in [-0.05, 0) is 0 Å². The van der Waals surface area contributed by atoms with E-state index in [-0.39, 0.29) is 5.91 Å². The van der Waals surface area contributed by atoms with Gasteiger partial charge in [-0.2, -0.15) is 0 Å². The van der Waals surface area contributed by atoms with Gasteiger partial charge in [-0.1, -0.05) is 0 Å². The van der Waals surface area contributed by atoms with Gasteiger partial charge in [0.15, 0.2) is 0 Å². The van der Waals surface area contributed by atoms with Crippen molar-refractivity contribution >= 4 is 5.91 Å². The van der Waals surface area contributed by atoms with Gasteiger partial charge in [-0.25, -0.2) is 0 Å². The van der Waals surface area contributed by atoms with Crippen molar-refractivity contribution in [2.45, 2.75) is 6.92 Å². The zero-order chi connectivity index (χ0) is 6.69. The van der Waals surface area contributed by atoms with Gasteiger partial charge in [-0.3, -0.25) is 4.79 Å². The second-order valence-electron chi connectivity index (χ2n) is 1.87. The van der Waals surface area contributed by atoms with Crippen molar-refractivity contribution in [1.29, 1.82) is 0 Å². The third-order valence-corrected chi connectivity index (χ3v) is 1.19. The highest BCUT2D eigenvalue weighted by molar-refractivity contribution is 5.74. The number of rotatable bonds is 0. The molecule has 0 aromatic heterocycles. The Morgan fingerprint density at radius 3 is 2.89 bits per heavy atom. The molecule has 0 aromatic carbocycles. The molecule has 0 radical (unpaired) electrons. The fourth-order valence-electron chi connectivity index (χ4n) is 0.673. The lowest BCUT2D eigenvalue weighted by atomic mass is 10.5. The fraction of sp³-hybridized carbons (Fsp3) is 0.500. The van der Waals surface area contributed by atoms with Crippen LogP contribution in [-0.2, 0) is 9.53 Å². The summed E-state index contributed by atoms with van der Waals surface area (Å²) in [6, 6.07) is 0. The van der Waals surface area contributed by atoms with Crippen molar-refractivity contribution in [3.63, 3.8) is 0 Å². The zero-order valence-electron chi connectivity index (χ0n) is 5.33. The van der Waals surface area contributed by atoms with E-state index in [0.717, 1.165) is 0 Å². The van der Waals surface area contributed by atoms with Crippen LogP contribution >= 0.6 is 0 Å². The Kier molecular flexibility index (Phi) is 1.72. The molecule has 1 aliphatic heterocycles. The standard InChI is InChI=1S/C6H9NO2/c1-6(8)7-2-4-9-5-3-7/h2,4H,3,5H2,1H3. The van der Waals surface area contributed by atoms with E-state index in [1.807, 2.05) is 0 Å². The summed E-state index contributed by atoms with van der Waals surface area (Å²) < 4.78 is 4.88.